The van der Waals surface area contributed by atoms with Crippen LogP contribution in [0, 0.1) is 11.8 Å². The van der Waals surface area contributed by atoms with Gasteiger partial charge in [-0.2, -0.15) is 0 Å². The number of Topliss-reactive ketones (excluding diaryl/α,β-unsaturated/α-hetero) is 1. The van der Waals surface area contributed by atoms with Gasteiger partial charge in [0.2, 0.25) is 0 Å². The number of hydrogen-bond acceptors (Lipinski definition) is 6. The molecule has 1 amide bonds. The van der Waals surface area contributed by atoms with Crippen molar-refractivity contribution in [1.29, 1.82) is 0 Å². The van der Waals surface area contributed by atoms with Crippen LogP contribution in [0.5, 0.6) is 5.75 Å². The zero-order valence-electron chi connectivity index (χ0n) is 19.7. The molecule has 2 unspecified atom stereocenters. The molecule has 0 N–H and O–H groups in total. The largest absolute Gasteiger partial charge is 0.497 e. The minimum absolute atomic E-state index is 0.0427. The zero-order chi connectivity index (χ0) is 24.1. The molecule has 1 heterocycles. The zero-order valence-corrected chi connectivity index (χ0v) is 19.7. The van der Waals surface area contributed by atoms with Crippen molar-refractivity contribution in [2.45, 2.75) is 45.1 Å². The third-order valence-corrected chi connectivity index (χ3v) is 6.79. The molecule has 1 aliphatic heterocycles. The van der Waals surface area contributed by atoms with Crippen molar-refractivity contribution < 1.29 is 28.6 Å². The summed E-state index contributed by atoms with van der Waals surface area (Å²) >= 11 is 0. The number of carbonyl (C=O) groups is 3. The molecule has 2 aromatic rings. The summed E-state index contributed by atoms with van der Waals surface area (Å²) in [5, 5.41) is 0. The quantitative estimate of drug-likeness (QED) is 0.409. The van der Waals surface area contributed by atoms with Crippen molar-refractivity contribution in [2.75, 3.05) is 25.2 Å². The first kappa shape index (κ1) is 23.8. The van der Waals surface area contributed by atoms with Gasteiger partial charge in [0.25, 0.3) is 0 Å². The Balaban J connectivity index is 1.67. The fourth-order valence-electron chi connectivity index (χ4n) is 5.10. The van der Waals surface area contributed by atoms with Gasteiger partial charge in [0.15, 0.2) is 5.78 Å². The van der Waals surface area contributed by atoms with Crippen LogP contribution in [-0.4, -0.2) is 44.2 Å². The Morgan fingerprint density at radius 2 is 1.62 bits per heavy atom. The highest BCUT2D eigenvalue weighted by atomic mass is 16.6. The fraction of sp³-hybridized carbons (Fsp3) is 0.444. The summed E-state index contributed by atoms with van der Waals surface area (Å²) in [7, 11) is 1.58. The van der Waals surface area contributed by atoms with Gasteiger partial charge in [-0.15, -0.1) is 0 Å². The molecule has 0 radical (unpaired) electrons. The Labute approximate surface area is 200 Å². The third-order valence-electron chi connectivity index (χ3n) is 6.79. The Hall–Kier alpha value is -3.35. The first-order valence-corrected chi connectivity index (χ1v) is 11.9. The van der Waals surface area contributed by atoms with E-state index in [1.165, 1.54) is 6.42 Å². The van der Waals surface area contributed by atoms with Gasteiger partial charge in [0.05, 0.1) is 31.2 Å². The number of anilines is 1. The van der Waals surface area contributed by atoms with E-state index in [1.807, 2.05) is 0 Å². The molecule has 1 aliphatic carbocycles. The van der Waals surface area contributed by atoms with Crippen LogP contribution in [0.15, 0.2) is 48.5 Å². The van der Waals surface area contributed by atoms with Gasteiger partial charge in [-0.3, -0.25) is 9.69 Å². The van der Waals surface area contributed by atoms with Gasteiger partial charge in [-0.25, -0.2) is 9.59 Å². The molecule has 34 heavy (non-hydrogen) atoms. The SMILES string of the molecule is CCOC(=O)c1ccc(N2C(=O)OCC(C(=O)c3ccc(OC)cc3)C2C2CCCCC2)cc1. The van der Waals surface area contributed by atoms with E-state index >= 15 is 0 Å². The van der Waals surface area contributed by atoms with Gasteiger partial charge in [-0.1, -0.05) is 19.3 Å². The van der Waals surface area contributed by atoms with Crippen LogP contribution in [0.25, 0.3) is 0 Å². The molecular formula is C27H31NO6. The normalized spacial score (nSPS) is 21.0. The molecule has 7 heteroatoms. The predicted octanol–water partition coefficient (Wildman–Crippen LogP) is 5.28. The third kappa shape index (κ3) is 4.93. The summed E-state index contributed by atoms with van der Waals surface area (Å²) in [6.45, 7) is 2.10. The summed E-state index contributed by atoms with van der Waals surface area (Å²) < 4.78 is 15.8. The fourth-order valence-corrected chi connectivity index (χ4v) is 5.10. The lowest BCUT2D eigenvalue weighted by Crippen LogP contribution is -2.57. The van der Waals surface area contributed by atoms with Crippen LogP contribution in [0.4, 0.5) is 10.5 Å². The van der Waals surface area contributed by atoms with Crippen LogP contribution in [0.1, 0.15) is 59.7 Å². The number of ether oxygens (including phenoxy) is 3. The molecule has 2 atom stereocenters. The second-order valence-corrected chi connectivity index (χ2v) is 8.80. The number of methoxy groups -OCH3 is 1. The molecule has 0 spiro atoms. The van der Waals surface area contributed by atoms with E-state index in [1.54, 1.807) is 67.5 Å². The van der Waals surface area contributed by atoms with E-state index in [0.29, 0.717) is 22.6 Å². The molecule has 7 nitrogen and oxygen atoms in total. The van der Waals surface area contributed by atoms with Gasteiger partial charge in [-0.05, 0) is 74.2 Å². The second-order valence-electron chi connectivity index (χ2n) is 8.80. The summed E-state index contributed by atoms with van der Waals surface area (Å²) in [5.41, 5.74) is 1.60. The average Bonchev–Trinajstić information content (AvgIpc) is 2.89. The van der Waals surface area contributed by atoms with Crippen molar-refractivity contribution in [3.05, 3.63) is 59.7 Å². The van der Waals surface area contributed by atoms with E-state index < -0.39 is 18.0 Å². The number of carbonyl (C=O) groups excluding carboxylic acids is 3. The van der Waals surface area contributed by atoms with Crippen molar-refractivity contribution in [3.63, 3.8) is 0 Å². The number of amides is 1. The van der Waals surface area contributed by atoms with Crippen molar-refractivity contribution in [2.24, 2.45) is 11.8 Å². The van der Waals surface area contributed by atoms with Gasteiger partial charge < -0.3 is 14.2 Å². The number of benzene rings is 2. The van der Waals surface area contributed by atoms with Crippen molar-refractivity contribution in [1.82, 2.24) is 0 Å². The molecule has 0 bridgehead atoms. The number of nitrogens with zero attached hydrogens (tertiary/aromatic N) is 1. The number of cyclic esters (lactones) is 1. The van der Waals surface area contributed by atoms with Crippen LogP contribution < -0.4 is 9.64 Å². The van der Waals surface area contributed by atoms with E-state index in [0.717, 1.165) is 25.7 Å². The van der Waals surface area contributed by atoms with Gasteiger partial charge in [0.1, 0.15) is 12.4 Å². The Morgan fingerprint density at radius 1 is 0.971 bits per heavy atom. The molecule has 1 saturated carbocycles. The minimum Gasteiger partial charge on any atom is -0.497 e. The predicted molar refractivity (Wildman–Crippen MR) is 127 cm³/mol. The van der Waals surface area contributed by atoms with Gasteiger partial charge >= 0.3 is 12.1 Å². The first-order chi connectivity index (χ1) is 16.5. The number of esters is 1. The highest BCUT2D eigenvalue weighted by Crippen LogP contribution is 2.39. The molecule has 180 valence electrons. The monoisotopic (exact) mass is 465 g/mol. The van der Waals surface area contributed by atoms with Crippen molar-refractivity contribution >= 4 is 23.5 Å². The maximum absolute atomic E-state index is 13.6. The van der Waals surface area contributed by atoms with Crippen molar-refractivity contribution in [3.8, 4) is 5.75 Å². The van der Waals surface area contributed by atoms with E-state index in [4.69, 9.17) is 14.2 Å². The average molecular weight is 466 g/mol. The highest BCUT2D eigenvalue weighted by Gasteiger charge is 2.46. The molecule has 2 fully saturated rings. The maximum atomic E-state index is 13.6. The number of ketones is 1. The standard InChI is InChI=1S/C27H31NO6/c1-3-33-26(30)20-9-13-21(14-10-20)28-24(18-7-5-4-6-8-18)23(17-34-27(28)31)25(29)19-11-15-22(32-2)16-12-19/h9-16,18,23-24H,3-8,17H2,1-2H3. The maximum Gasteiger partial charge on any atom is 0.414 e. The Kier molecular flexibility index (Phi) is 7.50. The lowest BCUT2D eigenvalue weighted by molar-refractivity contribution is 0.0525. The minimum atomic E-state index is -0.487. The summed E-state index contributed by atoms with van der Waals surface area (Å²) in [6.07, 6.45) is 4.78. The number of rotatable bonds is 7. The Bertz CT molecular complexity index is 1010. The summed E-state index contributed by atoms with van der Waals surface area (Å²) in [5.74, 6) is -0.0678. The molecule has 4 rings (SSSR count). The van der Waals surface area contributed by atoms with E-state index in [2.05, 4.69) is 0 Å². The Morgan fingerprint density at radius 3 is 2.24 bits per heavy atom. The van der Waals surface area contributed by atoms with E-state index in [-0.39, 0.29) is 31.0 Å². The highest BCUT2D eigenvalue weighted by molar-refractivity contribution is 6.01. The molecular weight excluding hydrogens is 434 g/mol. The summed E-state index contributed by atoms with van der Waals surface area (Å²) in [6, 6.07) is 13.5. The smallest absolute Gasteiger partial charge is 0.414 e. The van der Waals surface area contributed by atoms with Crippen LogP contribution >= 0.6 is 0 Å². The topological polar surface area (TPSA) is 82.1 Å². The van der Waals surface area contributed by atoms with Crippen LogP contribution in [0.2, 0.25) is 0 Å². The molecule has 2 aromatic carbocycles. The molecule has 2 aliphatic rings. The van der Waals surface area contributed by atoms with Crippen LogP contribution in [-0.2, 0) is 9.47 Å². The number of hydrogen-bond donors (Lipinski definition) is 0. The molecule has 0 aromatic heterocycles. The first-order valence-electron chi connectivity index (χ1n) is 11.9. The van der Waals surface area contributed by atoms with Crippen LogP contribution in [0.3, 0.4) is 0 Å². The van der Waals surface area contributed by atoms with Gasteiger partial charge in [0, 0.05) is 11.3 Å². The van der Waals surface area contributed by atoms with E-state index in [9.17, 15) is 14.4 Å². The lowest BCUT2D eigenvalue weighted by Gasteiger charge is -2.45. The summed E-state index contributed by atoms with van der Waals surface area (Å²) in [4.78, 5) is 40.4. The second kappa shape index (κ2) is 10.7. The molecule has 1 saturated heterocycles. The lowest BCUT2D eigenvalue weighted by atomic mass is 9.75.